The lowest BCUT2D eigenvalue weighted by molar-refractivity contribution is 0.0951. The van der Waals surface area contributed by atoms with Crippen molar-refractivity contribution < 1.29 is 4.79 Å². The van der Waals surface area contributed by atoms with Gasteiger partial charge in [-0.1, -0.05) is 26.2 Å². The Hall–Kier alpha value is -1.32. The smallest absolute Gasteiger partial charge is 0.255 e. The number of rotatable bonds is 7. The maximum atomic E-state index is 12.1. The molecular weight excluding hydrogens is 226 g/mol. The first-order valence-corrected chi connectivity index (χ1v) is 6.94. The number of carbonyl (C=O) groups excluding carboxylic acids is 1. The zero-order valence-corrected chi connectivity index (χ0v) is 12.0. The zero-order chi connectivity index (χ0) is 13.5. The van der Waals surface area contributed by atoms with Gasteiger partial charge in [0.1, 0.15) is 0 Å². The van der Waals surface area contributed by atoms with E-state index in [1.807, 2.05) is 25.5 Å². The number of amides is 1. The van der Waals surface area contributed by atoms with Crippen LogP contribution in [0.3, 0.4) is 0 Å². The molecule has 0 aliphatic heterocycles. The number of aromatic nitrogens is 2. The Morgan fingerprint density at radius 2 is 1.94 bits per heavy atom. The lowest BCUT2D eigenvalue weighted by Crippen LogP contribution is -2.25. The molecule has 1 aromatic heterocycles. The Bertz CT molecular complexity index is 396. The van der Waals surface area contributed by atoms with Crippen molar-refractivity contribution in [1.82, 2.24) is 15.1 Å². The number of hydrogen-bond donors (Lipinski definition) is 1. The summed E-state index contributed by atoms with van der Waals surface area (Å²) >= 11 is 0. The number of unbranched alkanes of at least 4 members (excludes halogenated alkanes) is 3. The van der Waals surface area contributed by atoms with E-state index >= 15 is 0 Å². The lowest BCUT2D eigenvalue weighted by Gasteiger charge is -2.05. The van der Waals surface area contributed by atoms with E-state index in [1.165, 1.54) is 19.3 Å². The average Bonchev–Trinajstić information content (AvgIpc) is 2.63. The molecule has 0 atom stereocenters. The van der Waals surface area contributed by atoms with Gasteiger partial charge in [0.15, 0.2) is 0 Å². The van der Waals surface area contributed by atoms with Crippen molar-refractivity contribution in [3.8, 4) is 0 Å². The molecule has 0 fully saturated rings. The monoisotopic (exact) mass is 251 g/mol. The first kappa shape index (κ1) is 14.7. The van der Waals surface area contributed by atoms with Crippen LogP contribution < -0.4 is 5.32 Å². The molecule has 0 spiro atoms. The second-order valence-corrected chi connectivity index (χ2v) is 4.68. The van der Waals surface area contributed by atoms with Gasteiger partial charge in [-0.05, 0) is 27.2 Å². The molecule has 0 unspecified atom stereocenters. The fraction of sp³-hybridized carbons (Fsp3) is 0.714. The molecule has 102 valence electrons. The maximum Gasteiger partial charge on any atom is 0.255 e. The highest BCUT2D eigenvalue weighted by molar-refractivity contribution is 5.96. The van der Waals surface area contributed by atoms with Gasteiger partial charge in [0.25, 0.3) is 5.91 Å². The van der Waals surface area contributed by atoms with Gasteiger partial charge < -0.3 is 5.32 Å². The van der Waals surface area contributed by atoms with E-state index in [1.54, 1.807) is 0 Å². The fourth-order valence-corrected chi connectivity index (χ4v) is 2.18. The molecule has 0 saturated heterocycles. The van der Waals surface area contributed by atoms with E-state index in [2.05, 4.69) is 17.3 Å². The summed E-state index contributed by atoms with van der Waals surface area (Å²) in [7, 11) is 0. The maximum absolute atomic E-state index is 12.1. The van der Waals surface area contributed by atoms with Crippen molar-refractivity contribution in [3.05, 3.63) is 17.0 Å². The Morgan fingerprint density at radius 1 is 1.22 bits per heavy atom. The number of carbonyl (C=O) groups is 1. The van der Waals surface area contributed by atoms with Crippen LogP contribution in [0.15, 0.2) is 0 Å². The molecular formula is C14H25N3O. The normalized spacial score (nSPS) is 10.7. The topological polar surface area (TPSA) is 46.9 Å². The molecule has 1 N–H and O–H groups in total. The third-order valence-electron chi connectivity index (χ3n) is 3.22. The SMILES string of the molecule is CCCCCCNC(=O)c1c(C)nn(CC)c1C. The summed E-state index contributed by atoms with van der Waals surface area (Å²) in [6.45, 7) is 9.63. The van der Waals surface area contributed by atoms with Crippen molar-refractivity contribution in [2.24, 2.45) is 0 Å². The minimum absolute atomic E-state index is 0.0150. The molecule has 4 heteroatoms. The molecule has 1 aromatic rings. The molecule has 0 bridgehead atoms. The van der Waals surface area contributed by atoms with Crippen molar-refractivity contribution in [1.29, 1.82) is 0 Å². The second-order valence-electron chi connectivity index (χ2n) is 4.68. The molecule has 4 nitrogen and oxygen atoms in total. The van der Waals surface area contributed by atoms with Gasteiger partial charge in [0.2, 0.25) is 0 Å². The summed E-state index contributed by atoms with van der Waals surface area (Å²) in [5, 5.41) is 7.35. The fourth-order valence-electron chi connectivity index (χ4n) is 2.18. The molecule has 0 aliphatic rings. The van der Waals surface area contributed by atoms with Gasteiger partial charge in [-0.2, -0.15) is 5.10 Å². The highest BCUT2D eigenvalue weighted by Gasteiger charge is 2.17. The third-order valence-corrected chi connectivity index (χ3v) is 3.22. The highest BCUT2D eigenvalue weighted by Crippen LogP contribution is 2.12. The van der Waals surface area contributed by atoms with E-state index in [9.17, 15) is 4.79 Å². The van der Waals surface area contributed by atoms with Crippen molar-refractivity contribution in [2.45, 2.75) is 59.9 Å². The van der Waals surface area contributed by atoms with E-state index in [-0.39, 0.29) is 5.91 Å². The number of nitrogens with one attached hydrogen (secondary N) is 1. The lowest BCUT2D eigenvalue weighted by atomic mass is 10.1. The molecule has 1 rings (SSSR count). The zero-order valence-electron chi connectivity index (χ0n) is 12.0. The first-order valence-electron chi connectivity index (χ1n) is 6.94. The van der Waals surface area contributed by atoms with Crippen LogP contribution in [-0.4, -0.2) is 22.2 Å². The molecule has 0 radical (unpaired) electrons. The van der Waals surface area contributed by atoms with Crippen LogP contribution in [0.25, 0.3) is 0 Å². The van der Waals surface area contributed by atoms with E-state index in [0.717, 1.165) is 36.5 Å². The number of aryl methyl sites for hydroxylation is 2. The van der Waals surface area contributed by atoms with Crippen LogP contribution >= 0.6 is 0 Å². The quantitative estimate of drug-likeness (QED) is 0.757. The van der Waals surface area contributed by atoms with Gasteiger partial charge in [0, 0.05) is 18.8 Å². The van der Waals surface area contributed by atoms with Crippen LogP contribution in [0, 0.1) is 13.8 Å². The van der Waals surface area contributed by atoms with Gasteiger partial charge in [-0.25, -0.2) is 0 Å². The molecule has 18 heavy (non-hydrogen) atoms. The van der Waals surface area contributed by atoms with Crippen LogP contribution in [0.1, 0.15) is 61.3 Å². The Labute approximate surface area is 110 Å². The Morgan fingerprint density at radius 3 is 2.50 bits per heavy atom. The van der Waals surface area contributed by atoms with Gasteiger partial charge in [-0.15, -0.1) is 0 Å². The van der Waals surface area contributed by atoms with Gasteiger partial charge in [-0.3, -0.25) is 9.48 Å². The average molecular weight is 251 g/mol. The summed E-state index contributed by atoms with van der Waals surface area (Å²) in [6, 6.07) is 0. The Kier molecular flexibility index (Phi) is 5.89. The molecule has 0 aliphatic carbocycles. The standard InChI is InChI=1S/C14H25N3O/c1-5-7-8-9-10-15-14(18)13-11(3)16-17(6-2)12(13)4/h5-10H2,1-4H3,(H,15,18). The largest absolute Gasteiger partial charge is 0.352 e. The van der Waals surface area contributed by atoms with E-state index in [4.69, 9.17) is 0 Å². The van der Waals surface area contributed by atoms with Gasteiger partial charge in [0.05, 0.1) is 11.3 Å². The van der Waals surface area contributed by atoms with Crippen LogP contribution in [0.4, 0.5) is 0 Å². The second kappa shape index (κ2) is 7.19. The predicted octanol–water partition coefficient (Wildman–Crippen LogP) is 2.83. The highest BCUT2D eigenvalue weighted by atomic mass is 16.1. The Balaban J connectivity index is 2.54. The molecule has 1 amide bonds. The third kappa shape index (κ3) is 3.59. The van der Waals surface area contributed by atoms with Crippen LogP contribution in [0.2, 0.25) is 0 Å². The first-order chi connectivity index (χ1) is 8.61. The van der Waals surface area contributed by atoms with Crippen molar-refractivity contribution >= 4 is 5.91 Å². The minimum atomic E-state index is 0.0150. The minimum Gasteiger partial charge on any atom is -0.352 e. The summed E-state index contributed by atoms with van der Waals surface area (Å²) in [5.74, 6) is 0.0150. The molecule has 1 heterocycles. The van der Waals surface area contributed by atoms with E-state index < -0.39 is 0 Å². The van der Waals surface area contributed by atoms with Crippen molar-refractivity contribution in [3.63, 3.8) is 0 Å². The summed E-state index contributed by atoms with van der Waals surface area (Å²) in [4.78, 5) is 12.1. The van der Waals surface area contributed by atoms with Gasteiger partial charge >= 0.3 is 0 Å². The predicted molar refractivity (Wildman–Crippen MR) is 73.9 cm³/mol. The van der Waals surface area contributed by atoms with Crippen LogP contribution in [0.5, 0.6) is 0 Å². The van der Waals surface area contributed by atoms with E-state index in [0.29, 0.717) is 0 Å². The number of nitrogens with zero attached hydrogens (tertiary/aromatic N) is 2. The molecule has 0 saturated carbocycles. The molecule has 0 aromatic carbocycles. The summed E-state index contributed by atoms with van der Waals surface area (Å²) < 4.78 is 1.88. The number of hydrogen-bond acceptors (Lipinski definition) is 2. The van der Waals surface area contributed by atoms with Crippen LogP contribution in [-0.2, 0) is 6.54 Å². The summed E-state index contributed by atoms with van der Waals surface area (Å²) in [5.41, 5.74) is 2.52. The summed E-state index contributed by atoms with van der Waals surface area (Å²) in [6.07, 6.45) is 4.69. The van der Waals surface area contributed by atoms with Crippen molar-refractivity contribution in [2.75, 3.05) is 6.54 Å².